The predicted octanol–water partition coefficient (Wildman–Crippen LogP) is 1.47. The number of carbonyl (C=O) groups excluding carboxylic acids is 1. The van der Waals surface area contributed by atoms with Crippen molar-refractivity contribution in [2.45, 2.75) is 38.4 Å². The molecule has 1 N–H and O–H groups in total. The minimum atomic E-state index is 0.0792. The maximum atomic E-state index is 12.8. The summed E-state index contributed by atoms with van der Waals surface area (Å²) in [4.78, 5) is 17.2. The second-order valence-corrected chi connectivity index (χ2v) is 6.25. The largest absolute Gasteiger partial charge is 0.339 e. The van der Waals surface area contributed by atoms with E-state index in [0.29, 0.717) is 11.9 Å². The second kappa shape index (κ2) is 6.58. The van der Waals surface area contributed by atoms with E-state index in [9.17, 15) is 4.79 Å². The molecule has 1 aromatic rings. The number of piperazine rings is 1. The Hall–Kier alpha value is -1.39. The molecule has 2 heterocycles. The summed E-state index contributed by atoms with van der Waals surface area (Å²) in [5, 5.41) is 3.40. The van der Waals surface area contributed by atoms with Crippen LogP contribution in [0.15, 0.2) is 30.3 Å². The molecule has 0 radical (unpaired) electrons. The zero-order valence-corrected chi connectivity index (χ0v) is 12.8. The lowest BCUT2D eigenvalue weighted by Gasteiger charge is -2.35. The van der Waals surface area contributed by atoms with Crippen molar-refractivity contribution in [3.63, 3.8) is 0 Å². The van der Waals surface area contributed by atoms with Gasteiger partial charge in [-0.2, -0.15) is 0 Å². The highest BCUT2D eigenvalue weighted by Gasteiger charge is 2.34. The zero-order valence-electron chi connectivity index (χ0n) is 12.8. The Morgan fingerprint density at radius 1 is 1.29 bits per heavy atom. The van der Waals surface area contributed by atoms with E-state index in [-0.39, 0.29) is 6.04 Å². The van der Waals surface area contributed by atoms with E-state index in [2.05, 4.69) is 46.3 Å². The molecule has 0 saturated carbocycles. The number of hydrogen-bond donors (Lipinski definition) is 1. The molecule has 1 amide bonds. The van der Waals surface area contributed by atoms with E-state index in [0.717, 1.165) is 45.6 Å². The Kier molecular flexibility index (Phi) is 4.56. The van der Waals surface area contributed by atoms with Crippen LogP contribution in [-0.2, 0) is 11.3 Å². The lowest BCUT2D eigenvalue weighted by molar-refractivity contribution is -0.137. The second-order valence-electron chi connectivity index (χ2n) is 6.25. The molecule has 2 atom stereocenters. The van der Waals surface area contributed by atoms with Crippen LogP contribution in [0.5, 0.6) is 0 Å². The van der Waals surface area contributed by atoms with Gasteiger partial charge in [-0.25, -0.2) is 0 Å². The van der Waals surface area contributed by atoms with Crippen molar-refractivity contribution in [3.05, 3.63) is 35.9 Å². The molecule has 2 unspecified atom stereocenters. The first kappa shape index (κ1) is 14.5. The van der Waals surface area contributed by atoms with Crippen LogP contribution < -0.4 is 5.32 Å². The first-order valence-electron chi connectivity index (χ1n) is 8.04. The van der Waals surface area contributed by atoms with E-state index in [1.54, 1.807) is 0 Å². The predicted molar refractivity (Wildman–Crippen MR) is 83.9 cm³/mol. The van der Waals surface area contributed by atoms with Crippen LogP contribution in [0.25, 0.3) is 0 Å². The van der Waals surface area contributed by atoms with Crippen molar-refractivity contribution in [1.82, 2.24) is 15.1 Å². The number of amides is 1. The summed E-state index contributed by atoms with van der Waals surface area (Å²) >= 11 is 0. The van der Waals surface area contributed by atoms with Crippen LogP contribution >= 0.6 is 0 Å². The molecule has 2 fully saturated rings. The summed E-state index contributed by atoms with van der Waals surface area (Å²) in [5.41, 5.74) is 1.30. The van der Waals surface area contributed by atoms with Crippen molar-refractivity contribution in [1.29, 1.82) is 0 Å². The molecule has 3 rings (SSSR count). The fraction of sp³-hybridized carbons (Fsp3) is 0.588. The third-order valence-corrected chi connectivity index (χ3v) is 4.56. The van der Waals surface area contributed by atoms with Gasteiger partial charge < -0.3 is 10.2 Å². The average Bonchev–Trinajstić information content (AvgIpc) is 2.95. The number of carbonyl (C=O) groups is 1. The van der Waals surface area contributed by atoms with Crippen LogP contribution in [0.2, 0.25) is 0 Å². The quantitative estimate of drug-likeness (QED) is 0.914. The average molecular weight is 287 g/mol. The molecular weight excluding hydrogens is 262 g/mol. The lowest BCUT2D eigenvalue weighted by Crippen LogP contribution is -2.55. The minimum absolute atomic E-state index is 0.0792. The van der Waals surface area contributed by atoms with E-state index >= 15 is 0 Å². The third-order valence-electron chi connectivity index (χ3n) is 4.56. The van der Waals surface area contributed by atoms with Gasteiger partial charge in [0.25, 0.3) is 0 Å². The van der Waals surface area contributed by atoms with Crippen molar-refractivity contribution >= 4 is 5.91 Å². The summed E-state index contributed by atoms with van der Waals surface area (Å²) < 4.78 is 0. The minimum Gasteiger partial charge on any atom is -0.339 e. The molecule has 21 heavy (non-hydrogen) atoms. The van der Waals surface area contributed by atoms with Crippen molar-refractivity contribution in [3.8, 4) is 0 Å². The van der Waals surface area contributed by atoms with Gasteiger partial charge in [0.2, 0.25) is 5.91 Å². The Balaban J connectivity index is 1.64. The summed E-state index contributed by atoms with van der Waals surface area (Å²) in [6.45, 7) is 6.67. The standard InChI is InChI=1S/C17H25N3O/c1-14-12-20(11-9-18-14)17(21)16-8-5-10-19(16)13-15-6-3-2-4-7-15/h2-4,6-7,14,16,18H,5,8-13H2,1H3. The van der Waals surface area contributed by atoms with Gasteiger partial charge in [-0.05, 0) is 31.9 Å². The van der Waals surface area contributed by atoms with Gasteiger partial charge in [-0.1, -0.05) is 30.3 Å². The van der Waals surface area contributed by atoms with Gasteiger partial charge in [0.05, 0.1) is 6.04 Å². The smallest absolute Gasteiger partial charge is 0.240 e. The van der Waals surface area contributed by atoms with Gasteiger partial charge in [0, 0.05) is 32.2 Å². The number of rotatable bonds is 3. The highest BCUT2D eigenvalue weighted by Crippen LogP contribution is 2.22. The van der Waals surface area contributed by atoms with Gasteiger partial charge in [0.1, 0.15) is 0 Å². The molecule has 0 aromatic heterocycles. The Morgan fingerprint density at radius 2 is 2.10 bits per heavy atom. The highest BCUT2D eigenvalue weighted by atomic mass is 16.2. The maximum Gasteiger partial charge on any atom is 0.240 e. The zero-order chi connectivity index (χ0) is 14.7. The number of hydrogen-bond acceptors (Lipinski definition) is 3. The van der Waals surface area contributed by atoms with E-state index in [4.69, 9.17) is 0 Å². The molecule has 4 heteroatoms. The molecule has 1 aromatic carbocycles. The lowest BCUT2D eigenvalue weighted by atomic mass is 10.1. The van der Waals surface area contributed by atoms with Crippen molar-refractivity contribution in [2.24, 2.45) is 0 Å². The van der Waals surface area contributed by atoms with Gasteiger partial charge in [-0.15, -0.1) is 0 Å². The summed E-state index contributed by atoms with van der Waals surface area (Å²) in [5.74, 6) is 0.330. The molecule has 114 valence electrons. The fourth-order valence-electron chi connectivity index (χ4n) is 3.46. The molecule has 2 aliphatic rings. The third kappa shape index (κ3) is 3.44. The molecule has 2 saturated heterocycles. The first-order valence-corrected chi connectivity index (χ1v) is 8.04. The van der Waals surface area contributed by atoms with Crippen molar-refractivity contribution < 1.29 is 4.79 Å². The van der Waals surface area contributed by atoms with Crippen LogP contribution in [0, 0.1) is 0 Å². The number of likely N-dealkylation sites (tertiary alicyclic amines) is 1. The summed E-state index contributed by atoms with van der Waals surface area (Å²) in [6.07, 6.45) is 2.13. The number of nitrogens with zero attached hydrogens (tertiary/aromatic N) is 2. The molecule has 0 spiro atoms. The van der Waals surface area contributed by atoms with Crippen LogP contribution in [0.4, 0.5) is 0 Å². The molecule has 4 nitrogen and oxygen atoms in total. The number of nitrogens with one attached hydrogen (secondary N) is 1. The van der Waals surface area contributed by atoms with Gasteiger partial charge in [-0.3, -0.25) is 9.69 Å². The normalized spacial score (nSPS) is 27.0. The number of benzene rings is 1. The molecule has 0 bridgehead atoms. The monoisotopic (exact) mass is 287 g/mol. The van der Waals surface area contributed by atoms with Crippen molar-refractivity contribution in [2.75, 3.05) is 26.2 Å². The van der Waals surface area contributed by atoms with Gasteiger partial charge in [0.15, 0.2) is 0 Å². The molecular formula is C17H25N3O. The fourth-order valence-corrected chi connectivity index (χ4v) is 3.46. The Bertz CT molecular complexity index is 476. The van der Waals surface area contributed by atoms with Crippen LogP contribution in [-0.4, -0.2) is 54.0 Å². The Morgan fingerprint density at radius 3 is 2.86 bits per heavy atom. The van der Waals surface area contributed by atoms with Gasteiger partial charge >= 0.3 is 0 Å². The molecule has 2 aliphatic heterocycles. The van der Waals surface area contributed by atoms with E-state index in [1.807, 2.05) is 6.07 Å². The van der Waals surface area contributed by atoms with Crippen LogP contribution in [0.3, 0.4) is 0 Å². The summed E-state index contributed by atoms with van der Waals surface area (Å²) in [6, 6.07) is 11.0. The topological polar surface area (TPSA) is 35.6 Å². The van der Waals surface area contributed by atoms with E-state index < -0.39 is 0 Å². The first-order chi connectivity index (χ1) is 10.2. The highest BCUT2D eigenvalue weighted by molar-refractivity contribution is 5.82. The Labute approximate surface area is 127 Å². The SMILES string of the molecule is CC1CN(C(=O)C2CCCN2Cc2ccccc2)CCN1. The van der Waals surface area contributed by atoms with E-state index in [1.165, 1.54) is 5.56 Å². The summed E-state index contributed by atoms with van der Waals surface area (Å²) in [7, 11) is 0. The van der Waals surface area contributed by atoms with Crippen LogP contribution in [0.1, 0.15) is 25.3 Å². The maximum absolute atomic E-state index is 12.8. The molecule has 0 aliphatic carbocycles.